The van der Waals surface area contributed by atoms with Gasteiger partial charge >= 0.3 is 0 Å². The van der Waals surface area contributed by atoms with E-state index in [0.29, 0.717) is 12.4 Å². The zero-order valence-corrected chi connectivity index (χ0v) is 10.4. The van der Waals surface area contributed by atoms with Crippen LogP contribution >= 0.6 is 11.3 Å². The zero-order valence-electron chi connectivity index (χ0n) is 9.57. The lowest BCUT2D eigenvalue weighted by molar-refractivity contribution is 0.340. The zero-order chi connectivity index (χ0) is 12.1. The van der Waals surface area contributed by atoms with Gasteiger partial charge in [0.15, 0.2) is 0 Å². The van der Waals surface area contributed by atoms with Crippen molar-refractivity contribution >= 4 is 17.0 Å². The van der Waals surface area contributed by atoms with E-state index < -0.39 is 0 Å². The maximum Gasteiger partial charge on any atom is 0.145 e. The van der Waals surface area contributed by atoms with Gasteiger partial charge in [0.1, 0.15) is 11.6 Å². The first-order valence-corrected chi connectivity index (χ1v) is 6.36. The van der Waals surface area contributed by atoms with E-state index in [1.165, 1.54) is 17.0 Å². The van der Waals surface area contributed by atoms with E-state index >= 15 is 0 Å². The molecule has 0 aliphatic carbocycles. The molecule has 0 atom stereocenters. The molecule has 0 bridgehead atoms. The molecule has 0 aliphatic rings. The Kier molecular flexibility index (Phi) is 3.98. The average Bonchev–Trinajstić information content (AvgIpc) is 2.81. The highest BCUT2D eigenvalue weighted by molar-refractivity contribution is 7.09. The molecule has 0 saturated carbocycles. The fourth-order valence-electron chi connectivity index (χ4n) is 1.51. The van der Waals surface area contributed by atoms with Gasteiger partial charge in [-0.3, -0.25) is 0 Å². The molecule has 1 aromatic carbocycles. The van der Waals surface area contributed by atoms with Gasteiger partial charge in [-0.15, -0.1) is 11.3 Å². The molecular formula is C13H14FNOS. The molecule has 0 amide bonds. The maximum atomic E-state index is 13.1. The molecule has 1 heterocycles. The van der Waals surface area contributed by atoms with Gasteiger partial charge in [-0.25, -0.2) is 4.39 Å². The monoisotopic (exact) mass is 251 g/mol. The molecule has 2 rings (SSSR count). The molecule has 0 fully saturated rings. The lowest BCUT2D eigenvalue weighted by Gasteiger charge is -2.11. The number of ether oxygens (including phenoxy) is 1. The summed E-state index contributed by atoms with van der Waals surface area (Å²) in [5, 5.41) is 5.28. The normalized spacial score (nSPS) is 10.2. The number of rotatable bonds is 5. The second-order valence-corrected chi connectivity index (χ2v) is 4.54. The smallest absolute Gasteiger partial charge is 0.145 e. The van der Waals surface area contributed by atoms with Crippen molar-refractivity contribution in [2.45, 2.75) is 13.5 Å². The first kappa shape index (κ1) is 11.9. The number of benzene rings is 1. The Morgan fingerprint density at radius 3 is 2.94 bits per heavy atom. The highest BCUT2D eigenvalue weighted by Crippen LogP contribution is 2.26. The van der Waals surface area contributed by atoms with Crippen molar-refractivity contribution in [2.75, 3.05) is 11.9 Å². The third-order valence-electron chi connectivity index (χ3n) is 2.28. The number of anilines is 1. The van der Waals surface area contributed by atoms with E-state index in [1.54, 1.807) is 17.4 Å². The van der Waals surface area contributed by atoms with Gasteiger partial charge in [-0.05, 0) is 30.5 Å². The van der Waals surface area contributed by atoms with Gasteiger partial charge in [0.05, 0.1) is 12.3 Å². The van der Waals surface area contributed by atoms with Crippen LogP contribution in [0.5, 0.6) is 5.75 Å². The van der Waals surface area contributed by atoms with Crippen molar-refractivity contribution in [1.29, 1.82) is 0 Å². The Bertz CT molecular complexity index is 470. The molecule has 2 aromatic rings. The summed E-state index contributed by atoms with van der Waals surface area (Å²) in [6.45, 7) is 3.13. The second kappa shape index (κ2) is 5.68. The largest absolute Gasteiger partial charge is 0.492 e. The summed E-state index contributed by atoms with van der Waals surface area (Å²) in [5.41, 5.74) is 0.821. The van der Waals surface area contributed by atoms with E-state index in [2.05, 4.69) is 11.4 Å². The molecule has 1 N–H and O–H groups in total. The van der Waals surface area contributed by atoms with Gasteiger partial charge in [0, 0.05) is 17.5 Å². The Balaban J connectivity index is 2.08. The van der Waals surface area contributed by atoms with Crippen LogP contribution in [0.2, 0.25) is 0 Å². The van der Waals surface area contributed by atoms with E-state index in [9.17, 15) is 4.39 Å². The number of hydrogen-bond donors (Lipinski definition) is 1. The van der Waals surface area contributed by atoms with Crippen LogP contribution in [0.15, 0.2) is 35.7 Å². The van der Waals surface area contributed by atoms with Crippen LogP contribution < -0.4 is 10.1 Å². The Hall–Kier alpha value is -1.55. The summed E-state index contributed by atoms with van der Waals surface area (Å²) in [6.07, 6.45) is 0. The van der Waals surface area contributed by atoms with Crippen LogP contribution in [0.3, 0.4) is 0 Å². The summed E-state index contributed by atoms with van der Waals surface area (Å²) in [7, 11) is 0. The summed E-state index contributed by atoms with van der Waals surface area (Å²) in [4.78, 5) is 1.23. The molecular weight excluding hydrogens is 237 g/mol. The van der Waals surface area contributed by atoms with Crippen LogP contribution in [0, 0.1) is 5.82 Å². The van der Waals surface area contributed by atoms with Gasteiger partial charge in [-0.1, -0.05) is 6.07 Å². The maximum absolute atomic E-state index is 13.1. The van der Waals surface area contributed by atoms with E-state index in [1.807, 2.05) is 18.4 Å². The molecule has 0 spiro atoms. The average molecular weight is 251 g/mol. The molecule has 0 aliphatic heterocycles. The second-order valence-electron chi connectivity index (χ2n) is 3.51. The van der Waals surface area contributed by atoms with Crippen molar-refractivity contribution in [3.63, 3.8) is 0 Å². The molecule has 1 aromatic heterocycles. The van der Waals surface area contributed by atoms with Gasteiger partial charge in [-0.2, -0.15) is 0 Å². The fraction of sp³-hybridized carbons (Fsp3) is 0.231. The summed E-state index contributed by atoms with van der Waals surface area (Å²) < 4.78 is 18.5. The SMILES string of the molecule is CCOc1cc(F)ccc1NCc1cccs1. The minimum absolute atomic E-state index is 0.282. The third-order valence-corrected chi connectivity index (χ3v) is 3.15. The van der Waals surface area contributed by atoms with E-state index in [4.69, 9.17) is 4.74 Å². The minimum atomic E-state index is -0.282. The van der Waals surface area contributed by atoms with Crippen LogP contribution in [-0.2, 0) is 6.54 Å². The lowest BCUT2D eigenvalue weighted by atomic mass is 10.2. The standard InChI is InChI=1S/C13H14FNOS/c1-2-16-13-8-10(14)5-6-12(13)15-9-11-4-3-7-17-11/h3-8,15H,2,9H2,1H3. The molecule has 17 heavy (non-hydrogen) atoms. The number of thiophene rings is 1. The molecule has 2 nitrogen and oxygen atoms in total. The third kappa shape index (κ3) is 3.20. The van der Waals surface area contributed by atoms with E-state index in [-0.39, 0.29) is 5.82 Å². The molecule has 90 valence electrons. The van der Waals surface area contributed by atoms with Crippen molar-refractivity contribution in [3.8, 4) is 5.75 Å². The van der Waals surface area contributed by atoms with E-state index in [0.717, 1.165) is 12.2 Å². The minimum Gasteiger partial charge on any atom is -0.492 e. The summed E-state index contributed by atoms with van der Waals surface area (Å²) in [5.74, 6) is 0.277. The number of halogens is 1. The topological polar surface area (TPSA) is 21.3 Å². The van der Waals surface area contributed by atoms with Crippen molar-refractivity contribution in [2.24, 2.45) is 0 Å². The Labute approximate surface area is 104 Å². The first-order valence-electron chi connectivity index (χ1n) is 5.48. The summed E-state index contributed by atoms with van der Waals surface area (Å²) in [6, 6.07) is 8.60. The van der Waals surface area contributed by atoms with Gasteiger partial charge in [0.25, 0.3) is 0 Å². The van der Waals surface area contributed by atoms with Crippen LogP contribution in [0.4, 0.5) is 10.1 Å². The van der Waals surface area contributed by atoms with Crippen molar-refractivity contribution in [1.82, 2.24) is 0 Å². The number of nitrogens with one attached hydrogen (secondary N) is 1. The van der Waals surface area contributed by atoms with Crippen LogP contribution in [-0.4, -0.2) is 6.61 Å². The first-order chi connectivity index (χ1) is 8.29. The lowest BCUT2D eigenvalue weighted by Crippen LogP contribution is -2.02. The Morgan fingerprint density at radius 2 is 2.24 bits per heavy atom. The van der Waals surface area contributed by atoms with Crippen molar-refractivity contribution < 1.29 is 9.13 Å². The molecule has 0 radical (unpaired) electrons. The number of hydrogen-bond acceptors (Lipinski definition) is 3. The predicted molar refractivity (Wildman–Crippen MR) is 69.2 cm³/mol. The fourth-order valence-corrected chi connectivity index (χ4v) is 2.16. The molecule has 0 saturated heterocycles. The van der Waals surface area contributed by atoms with Gasteiger partial charge in [0.2, 0.25) is 0 Å². The summed E-state index contributed by atoms with van der Waals surface area (Å²) >= 11 is 1.69. The molecule has 0 unspecified atom stereocenters. The molecule has 4 heteroatoms. The predicted octanol–water partition coefficient (Wildman–Crippen LogP) is 3.90. The highest BCUT2D eigenvalue weighted by Gasteiger charge is 2.05. The van der Waals surface area contributed by atoms with Crippen LogP contribution in [0.25, 0.3) is 0 Å². The van der Waals surface area contributed by atoms with Crippen LogP contribution in [0.1, 0.15) is 11.8 Å². The Morgan fingerprint density at radius 1 is 1.35 bits per heavy atom. The highest BCUT2D eigenvalue weighted by atomic mass is 32.1. The quantitative estimate of drug-likeness (QED) is 0.870. The van der Waals surface area contributed by atoms with Gasteiger partial charge < -0.3 is 10.1 Å². The van der Waals surface area contributed by atoms with Crippen molar-refractivity contribution in [3.05, 3.63) is 46.4 Å².